The van der Waals surface area contributed by atoms with E-state index in [1.165, 1.54) is 43.4 Å². The van der Waals surface area contributed by atoms with Crippen LogP contribution in [0, 0.1) is 5.92 Å². The first-order chi connectivity index (χ1) is 8.34. The second-order valence-electron chi connectivity index (χ2n) is 5.58. The molecule has 2 atom stereocenters. The molecule has 0 aromatic heterocycles. The highest BCUT2D eigenvalue weighted by Crippen LogP contribution is 2.37. The van der Waals surface area contributed by atoms with Gasteiger partial charge >= 0.3 is 0 Å². The lowest BCUT2D eigenvalue weighted by Crippen LogP contribution is -2.25. The third-order valence-electron chi connectivity index (χ3n) is 4.39. The Hall–Kier alpha value is -0.860. The van der Waals surface area contributed by atoms with Gasteiger partial charge in [-0.05, 0) is 42.9 Å². The van der Waals surface area contributed by atoms with Gasteiger partial charge in [-0.3, -0.25) is 0 Å². The molecule has 2 heteroatoms. The van der Waals surface area contributed by atoms with Crippen LogP contribution in [0.4, 0.5) is 0 Å². The molecule has 0 saturated heterocycles. The molecule has 3 N–H and O–H groups in total. The number of fused-ring (bicyclic) bond motifs is 1. The molecule has 1 fully saturated rings. The van der Waals surface area contributed by atoms with Crippen LogP contribution in [0.25, 0.3) is 0 Å². The zero-order valence-electron chi connectivity index (χ0n) is 10.4. The maximum atomic E-state index is 6.18. The molecule has 0 aliphatic heterocycles. The summed E-state index contributed by atoms with van der Waals surface area (Å²) in [6.45, 7) is 1.17. The molecule has 3 rings (SSSR count). The highest BCUT2D eigenvalue weighted by atomic mass is 14.9. The Morgan fingerprint density at radius 1 is 1.12 bits per heavy atom. The van der Waals surface area contributed by atoms with E-state index >= 15 is 0 Å². The summed E-state index contributed by atoms with van der Waals surface area (Å²) < 4.78 is 0. The monoisotopic (exact) mass is 230 g/mol. The van der Waals surface area contributed by atoms with E-state index in [-0.39, 0.29) is 6.04 Å². The fraction of sp³-hybridized carbons (Fsp3) is 0.600. The quantitative estimate of drug-likeness (QED) is 0.838. The van der Waals surface area contributed by atoms with Crippen molar-refractivity contribution in [1.29, 1.82) is 0 Å². The van der Waals surface area contributed by atoms with Crippen LogP contribution in [0.1, 0.15) is 55.3 Å². The fourth-order valence-corrected chi connectivity index (χ4v) is 3.39. The van der Waals surface area contributed by atoms with E-state index in [4.69, 9.17) is 5.73 Å². The third-order valence-corrected chi connectivity index (χ3v) is 4.39. The van der Waals surface area contributed by atoms with Crippen molar-refractivity contribution in [2.75, 3.05) is 6.54 Å². The predicted octanol–water partition coefficient (Wildman–Crippen LogP) is 2.91. The molecule has 1 aromatic carbocycles. The molecule has 17 heavy (non-hydrogen) atoms. The van der Waals surface area contributed by atoms with E-state index in [1.807, 2.05) is 0 Å². The summed E-state index contributed by atoms with van der Waals surface area (Å²) in [5.41, 5.74) is 8.95. The number of hydrogen-bond donors (Lipinski definition) is 2. The van der Waals surface area contributed by atoms with Gasteiger partial charge in [0.2, 0.25) is 0 Å². The molecule has 0 amide bonds. The Kier molecular flexibility index (Phi) is 3.17. The van der Waals surface area contributed by atoms with Crippen molar-refractivity contribution >= 4 is 0 Å². The summed E-state index contributed by atoms with van der Waals surface area (Å²) in [6.07, 6.45) is 6.73. The standard InChI is InChI=1S/C15H22N2/c16-14-9-15(13-8-4-3-7-12(13)14)17-10-11-5-1-2-6-11/h3-4,7-8,11,14-15,17H,1-2,5-6,9-10,16H2. The minimum absolute atomic E-state index is 0.229. The molecule has 1 aromatic rings. The van der Waals surface area contributed by atoms with Gasteiger partial charge in [-0.2, -0.15) is 0 Å². The lowest BCUT2D eigenvalue weighted by atomic mass is 10.1. The van der Waals surface area contributed by atoms with Crippen molar-refractivity contribution in [3.05, 3.63) is 35.4 Å². The molecule has 0 heterocycles. The van der Waals surface area contributed by atoms with E-state index in [2.05, 4.69) is 29.6 Å². The van der Waals surface area contributed by atoms with Crippen LogP contribution in [-0.2, 0) is 0 Å². The van der Waals surface area contributed by atoms with Crippen LogP contribution in [0.3, 0.4) is 0 Å². The van der Waals surface area contributed by atoms with Crippen LogP contribution in [0.2, 0.25) is 0 Å². The molecule has 2 aliphatic rings. The Balaban J connectivity index is 1.65. The molecule has 2 unspecified atom stereocenters. The van der Waals surface area contributed by atoms with Gasteiger partial charge in [-0.25, -0.2) is 0 Å². The van der Waals surface area contributed by atoms with E-state index in [1.54, 1.807) is 0 Å². The molecule has 0 bridgehead atoms. The first-order valence-electron chi connectivity index (χ1n) is 6.92. The maximum absolute atomic E-state index is 6.18. The Morgan fingerprint density at radius 3 is 2.59 bits per heavy atom. The molecular formula is C15H22N2. The van der Waals surface area contributed by atoms with Crippen molar-refractivity contribution in [3.63, 3.8) is 0 Å². The van der Waals surface area contributed by atoms with Crippen LogP contribution in [0.5, 0.6) is 0 Å². The highest BCUT2D eigenvalue weighted by molar-refractivity contribution is 5.37. The molecule has 2 nitrogen and oxygen atoms in total. The topological polar surface area (TPSA) is 38.0 Å². The van der Waals surface area contributed by atoms with Gasteiger partial charge in [0.05, 0.1) is 0 Å². The van der Waals surface area contributed by atoms with Gasteiger partial charge < -0.3 is 11.1 Å². The summed E-state index contributed by atoms with van der Waals surface area (Å²) in [5.74, 6) is 0.902. The van der Waals surface area contributed by atoms with Crippen LogP contribution in [0.15, 0.2) is 24.3 Å². The average Bonchev–Trinajstić information content (AvgIpc) is 2.96. The summed E-state index contributed by atoms with van der Waals surface area (Å²) in [4.78, 5) is 0. The largest absolute Gasteiger partial charge is 0.324 e. The van der Waals surface area contributed by atoms with Crippen molar-refractivity contribution in [1.82, 2.24) is 5.32 Å². The van der Waals surface area contributed by atoms with Crippen LogP contribution < -0.4 is 11.1 Å². The van der Waals surface area contributed by atoms with Gasteiger partial charge in [-0.15, -0.1) is 0 Å². The van der Waals surface area contributed by atoms with E-state index < -0.39 is 0 Å². The lowest BCUT2D eigenvalue weighted by molar-refractivity contribution is 0.425. The minimum Gasteiger partial charge on any atom is -0.324 e. The van der Waals surface area contributed by atoms with Gasteiger partial charge in [0.1, 0.15) is 0 Å². The van der Waals surface area contributed by atoms with Crippen molar-refractivity contribution in [2.45, 2.75) is 44.2 Å². The normalized spacial score (nSPS) is 28.5. The minimum atomic E-state index is 0.229. The van der Waals surface area contributed by atoms with Gasteiger partial charge in [0.25, 0.3) is 0 Å². The first-order valence-corrected chi connectivity index (χ1v) is 6.92. The van der Waals surface area contributed by atoms with Crippen molar-refractivity contribution < 1.29 is 0 Å². The van der Waals surface area contributed by atoms with Crippen molar-refractivity contribution in [2.24, 2.45) is 11.7 Å². The Bertz CT molecular complexity index is 382. The zero-order valence-corrected chi connectivity index (χ0v) is 10.4. The summed E-state index contributed by atoms with van der Waals surface area (Å²) in [7, 11) is 0. The highest BCUT2D eigenvalue weighted by Gasteiger charge is 2.28. The molecule has 1 saturated carbocycles. The number of nitrogens with one attached hydrogen (secondary N) is 1. The second kappa shape index (κ2) is 4.79. The number of nitrogens with two attached hydrogens (primary N) is 1. The predicted molar refractivity (Wildman–Crippen MR) is 70.7 cm³/mol. The lowest BCUT2D eigenvalue weighted by Gasteiger charge is -2.17. The molecule has 2 aliphatic carbocycles. The molecular weight excluding hydrogens is 208 g/mol. The first kappa shape index (κ1) is 11.2. The zero-order chi connectivity index (χ0) is 11.7. The number of benzene rings is 1. The van der Waals surface area contributed by atoms with Crippen LogP contribution >= 0.6 is 0 Å². The van der Waals surface area contributed by atoms with Gasteiger partial charge in [0.15, 0.2) is 0 Å². The van der Waals surface area contributed by atoms with Gasteiger partial charge in [-0.1, -0.05) is 37.1 Å². The molecule has 0 spiro atoms. The third kappa shape index (κ3) is 2.24. The maximum Gasteiger partial charge on any atom is 0.0341 e. The van der Waals surface area contributed by atoms with E-state index in [9.17, 15) is 0 Å². The Morgan fingerprint density at radius 2 is 1.82 bits per heavy atom. The van der Waals surface area contributed by atoms with Crippen molar-refractivity contribution in [3.8, 4) is 0 Å². The summed E-state index contributed by atoms with van der Waals surface area (Å²) in [6, 6.07) is 9.35. The smallest absolute Gasteiger partial charge is 0.0341 e. The van der Waals surface area contributed by atoms with E-state index in [0.29, 0.717) is 6.04 Å². The average molecular weight is 230 g/mol. The number of hydrogen-bond acceptors (Lipinski definition) is 2. The molecule has 92 valence electrons. The Labute approximate surface area is 104 Å². The van der Waals surface area contributed by atoms with E-state index in [0.717, 1.165) is 12.3 Å². The summed E-state index contributed by atoms with van der Waals surface area (Å²) >= 11 is 0. The summed E-state index contributed by atoms with van der Waals surface area (Å²) in [5, 5.41) is 3.73. The second-order valence-corrected chi connectivity index (χ2v) is 5.58. The fourth-order valence-electron chi connectivity index (χ4n) is 3.39. The number of rotatable bonds is 3. The van der Waals surface area contributed by atoms with Gasteiger partial charge in [0, 0.05) is 12.1 Å². The molecule has 0 radical (unpaired) electrons. The van der Waals surface area contributed by atoms with Crippen LogP contribution in [-0.4, -0.2) is 6.54 Å². The SMILES string of the molecule is NC1CC(NCC2CCCC2)c2ccccc21.